The van der Waals surface area contributed by atoms with Crippen molar-refractivity contribution in [3.63, 3.8) is 0 Å². The van der Waals surface area contributed by atoms with Crippen LogP contribution in [0.5, 0.6) is 5.75 Å². The van der Waals surface area contributed by atoms with Crippen LogP contribution >= 0.6 is 23.6 Å². The Morgan fingerprint density at radius 3 is 2.29 bits per heavy atom. The third-order valence-corrected chi connectivity index (χ3v) is 4.57. The second-order valence-electron chi connectivity index (χ2n) is 4.79. The Morgan fingerprint density at radius 2 is 1.67 bits per heavy atom. The van der Waals surface area contributed by atoms with Crippen molar-refractivity contribution >= 4 is 23.6 Å². The summed E-state index contributed by atoms with van der Waals surface area (Å²) < 4.78 is 8.16. The van der Waals surface area contributed by atoms with Crippen LogP contribution in [0.3, 0.4) is 0 Å². The molecular formula is C17H15NOS2. The van der Waals surface area contributed by atoms with Crippen molar-refractivity contribution in [1.82, 2.24) is 4.57 Å². The highest BCUT2D eigenvalue weighted by Gasteiger charge is 2.09. The number of rotatable bonds is 3. The molecule has 0 saturated carbocycles. The summed E-state index contributed by atoms with van der Waals surface area (Å²) in [5.41, 5.74) is 4.60. The third-order valence-electron chi connectivity index (χ3n) is 3.37. The molecule has 1 aromatic heterocycles. The maximum atomic E-state index is 5.49. The highest BCUT2D eigenvalue weighted by atomic mass is 32.1. The second kappa shape index (κ2) is 5.84. The number of hydrogen-bond acceptors (Lipinski definition) is 3. The Morgan fingerprint density at radius 1 is 1.00 bits per heavy atom. The number of aromatic nitrogens is 1. The van der Waals surface area contributed by atoms with Gasteiger partial charge in [-0.05, 0) is 49.0 Å². The van der Waals surface area contributed by atoms with Crippen molar-refractivity contribution in [1.29, 1.82) is 0 Å². The fourth-order valence-corrected chi connectivity index (χ4v) is 3.32. The van der Waals surface area contributed by atoms with Gasteiger partial charge < -0.3 is 4.74 Å². The lowest BCUT2D eigenvalue weighted by atomic mass is 10.1. The summed E-state index contributed by atoms with van der Waals surface area (Å²) in [5.74, 6) is 0.845. The lowest BCUT2D eigenvalue weighted by molar-refractivity contribution is 0.415. The predicted octanol–water partition coefficient (Wildman–Crippen LogP) is 5.25. The van der Waals surface area contributed by atoms with E-state index in [0.717, 1.165) is 21.1 Å². The monoisotopic (exact) mass is 313 g/mol. The summed E-state index contributed by atoms with van der Waals surface area (Å²) in [6.07, 6.45) is 0. The lowest BCUT2D eigenvalue weighted by Crippen LogP contribution is -1.96. The smallest absolute Gasteiger partial charge is 0.166 e. The minimum absolute atomic E-state index is 0.843. The number of hydrogen-bond donors (Lipinski definition) is 0. The number of nitrogens with zero attached hydrogens (tertiary/aromatic N) is 1. The summed E-state index contributed by atoms with van der Waals surface area (Å²) >= 11 is 7.07. The van der Waals surface area contributed by atoms with Crippen LogP contribution in [-0.4, -0.2) is 11.7 Å². The van der Waals surface area contributed by atoms with Crippen LogP contribution in [0.25, 0.3) is 16.9 Å². The van der Waals surface area contributed by atoms with Crippen molar-refractivity contribution in [2.45, 2.75) is 6.92 Å². The lowest BCUT2D eigenvalue weighted by Gasteiger charge is -2.10. The first kappa shape index (κ1) is 14.0. The van der Waals surface area contributed by atoms with Gasteiger partial charge in [-0.25, -0.2) is 0 Å². The summed E-state index contributed by atoms with van der Waals surface area (Å²) in [4.78, 5) is 0. The summed E-state index contributed by atoms with van der Waals surface area (Å²) in [6, 6.07) is 16.5. The highest BCUT2D eigenvalue weighted by Crippen LogP contribution is 2.28. The zero-order valence-electron chi connectivity index (χ0n) is 11.9. The molecule has 0 aliphatic rings. The molecule has 106 valence electrons. The SMILES string of the molecule is COc1ccc(-n2c(-c3ccc(C)cc3)csc2=S)cc1. The average Bonchev–Trinajstić information content (AvgIpc) is 2.90. The van der Waals surface area contributed by atoms with Crippen molar-refractivity contribution in [3.05, 3.63) is 63.4 Å². The topological polar surface area (TPSA) is 14.2 Å². The van der Waals surface area contributed by atoms with Gasteiger partial charge in [0.25, 0.3) is 0 Å². The Balaban J connectivity index is 2.12. The number of aryl methyl sites for hydroxylation is 1. The molecule has 3 aromatic rings. The Bertz CT molecular complexity index is 798. The Hall–Kier alpha value is -1.91. The van der Waals surface area contributed by atoms with E-state index in [2.05, 4.69) is 41.1 Å². The van der Waals surface area contributed by atoms with Crippen LogP contribution in [0, 0.1) is 10.9 Å². The Kier molecular flexibility index (Phi) is 3.90. The van der Waals surface area contributed by atoms with Gasteiger partial charge in [0.1, 0.15) is 5.75 Å². The van der Waals surface area contributed by atoms with Gasteiger partial charge >= 0.3 is 0 Å². The molecule has 1 heterocycles. The van der Waals surface area contributed by atoms with Crippen molar-refractivity contribution in [3.8, 4) is 22.7 Å². The molecule has 2 aromatic carbocycles. The second-order valence-corrected chi connectivity index (χ2v) is 6.29. The minimum Gasteiger partial charge on any atom is -0.497 e. The molecule has 0 bridgehead atoms. The number of benzene rings is 2. The van der Waals surface area contributed by atoms with Gasteiger partial charge in [0.2, 0.25) is 0 Å². The van der Waals surface area contributed by atoms with Crippen molar-refractivity contribution in [2.24, 2.45) is 0 Å². The van der Waals surface area contributed by atoms with E-state index >= 15 is 0 Å². The maximum Gasteiger partial charge on any atom is 0.166 e. The van der Waals surface area contributed by atoms with E-state index in [-0.39, 0.29) is 0 Å². The van der Waals surface area contributed by atoms with Gasteiger partial charge in [-0.1, -0.05) is 29.8 Å². The molecular weight excluding hydrogens is 298 g/mol. The van der Waals surface area contributed by atoms with Crippen LogP contribution in [0.4, 0.5) is 0 Å². The van der Waals surface area contributed by atoms with Crippen LogP contribution in [-0.2, 0) is 0 Å². The van der Waals surface area contributed by atoms with E-state index in [1.165, 1.54) is 11.1 Å². The molecule has 3 rings (SSSR count). The molecule has 0 unspecified atom stereocenters. The number of methoxy groups -OCH3 is 1. The molecule has 0 aliphatic carbocycles. The highest BCUT2D eigenvalue weighted by molar-refractivity contribution is 7.73. The normalized spacial score (nSPS) is 10.6. The van der Waals surface area contributed by atoms with Gasteiger partial charge in [-0.2, -0.15) is 0 Å². The van der Waals surface area contributed by atoms with Gasteiger partial charge in [0, 0.05) is 11.1 Å². The molecule has 0 fully saturated rings. The van der Waals surface area contributed by atoms with Crippen molar-refractivity contribution in [2.75, 3.05) is 7.11 Å². The predicted molar refractivity (Wildman–Crippen MR) is 91.2 cm³/mol. The van der Waals surface area contributed by atoms with E-state index < -0.39 is 0 Å². The zero-order chi connectivity index (χ0) is 14.8. The molecule has 0 spiro atoms. The number of thiazole rings is 1. The molecule has 4 heteroatoms. The maximum absolute atomic E-state index is 5.49. The zero-order valence-corrected chi connectivity index (χ0v) is 13.5. The fraction of sp³-hybridized carbons (Fsp3) is 0.118. The third kappa shape index (κ3) is 2.77. The van der Waals surface area contributed by atoms with Gasteiger partial charge in [0.05, 0.1) is 12.8 Å². The standard InChI is InChI=1S/C17H15NOS2/c1-12-3-5-13(6-4-12)16-11-21-17(20)18(16)14-7-9-15(19-2)10-8-14/h3-11H,1-2H3. The largest absolute Gasteiger partial charge is 0.497 e. The van der Waals surface area contributed by atoms with Gasteiger partial charge in [0.15, 0.2) is 3.95 Å². The van der Waals surface area contributed by atoms with Crippen LogP contribution in [0.2, 0.25) is 0 Å². The van der Waals surface area contributed by atoms with Gasteiger partial charge in [-0.15, -0.1) is 11.3 Å². The van der Waals surface area contributed by atoms with E-state index in [1.807, 2.05) is 24.3 Å². The molecule has 0 saturated heterocycles. The molecule has 0 radical (unpaired) electrons. The summed E-state index contributed by atoms with van der Waals surface area (Å²) in [7, 11) is 1.67. The number of ether oxygens (including phenoxy) is 1. The molecule has 2 nitrogen and oxygen atoms in total. The van der Waals surface area contributed by atoms with E-state index in [9.17, 15) is 0 Å². The molecule has 0 aliphatic heterocycles. The van der Waals surface area contributed by atoms with Crippen LogP contribution in [0.1, 0.15) is 5.56 Å². The molecule has 0 atom stereocenters. The van der Waals surface area contributed by atoms with E-state index in [1.54, 1.807) is 18.4 Å². The van der Waals surface area contributed by atoms with E-state index in [0.29, 0.717) is 0 Å². The Labute approximate surface area is 133 Å². The van der Waals surface area contributed by atoms with Gasteiger partial charge in [-0.3, -0.25) is 4.57 Å². The first-order valence-corrected chi connectivity index (χ1v) is 7.90. The summed E-state index contributed by atoms with van der Waals surface area (Å²) in [6.45, 7) is 2.09. The van der Waals surface area contributed by atoms with E-state index in [4.69, 9.17) is 17.0 Å². The van der Waals surface area contributed by atoms with Crippen LogP contribution in [0.15, 0.2) is 53.9 Å². The molecule has 0 N–H and O–H groups in total. The average molecular weight is 313 g/mol. The summed E-state index contributed by atoms with van der Waals surface area (Å²) in [5, 5.41) is 2.11. The first-order chi connectivity index (χ1) is 10.2. The fourth-order valence-electron chi connectivity index (χ4n) is 2.21. The molecule has 21 heavy (non-hydrogen) atoms. The first-order valence-electron chi connectivity index (χ1n) is 6.61. The van der Waals surface area contributed by atoms with Crippen LogP contribution < -0.4 is 4.74 Å². The molecule has 0 amide bonds. The minimum atomic E-state index is 0.843. The van der Waals surface area contributed by atoms with Crippen molar-refractivity contribution < 1.29 is 4.74 Å². The quantitative estimate of drug-likeness (QED) is 0.613.